The van der Waals surface area contributed by atoms with Gasteiger partial charge in [0.25, 0.3) is 0 Å². The van der Waals surface area contributed by atoms with Gasteiger partial charge in [-0.2, -0.15) is 0 Å². The summed E-state index contributed by atoms with van der Waals surface area (Å²) in [6.45, 7) is 8.10. The van der Waals surface area contributed by atoms with Crippen molar-refractivity contribution < 1.29 is 24.1 Å². The summed E-state index contributed by atoms with van der Waals surface area (Å²) < 4.78 is 18.3. The van der Waals surface area contributed by atoms with Crippen LogP contribution in [0.5, 0.6) is 5.75 Å². The Morgan fingerprint density at radius 1 is 1.02 bits per heavy atom. The van der Waals surface area contributed by atoms with Crippen molar-refractivity contribution in [2.45, 2.75) is 65.7 Å². The number of fused-ring (bicyclic) bond motifs is 1. The topological polar surface area (TPSA) is 95.7 Å². The van der Waals surface area contributed by atoms with Crippen molar-refractivity contribution >= 4 is 17.0 Å². The molecule has 8 nitrogen and oxygen atoms in total. The number of carbonyl (C=O) groups is 1. The summed E-state index contributed by atoms with van der Waals surface area (Å²) in [7, 11) is 1.66. The number of aromatic nitrogens is 3. The number of nitrogens with zero attached hydrogens (tertiary/aromatic N) is 3. The lowest BCUT2D eigenvalue weighted by molar-refractivity contribution is -0.143. The van der Waals surface area contributed by atoms with Crippen molar-refractivity contribution in [2.24, 2.45) is 0 Å². The van der Waals surface area contributed by atoms with Crippen LogP contribution in [0.25, 0.3) is 11.0 Å². The van der Waals surface area contributed by atoms with Crippen LogP contribution in [0.15, 0.2) is 54.6 Å². The minimum atomic E-state index is -0.253. The molecule has 1 N–H and O–H groups in total. The Morgan fingerprint density at radius 3 is 2.55 bits per heavy atom. The van der Waals surface area contributed by atoms with Crippen LogP contribution in [0, 0.1) is 13.8 Å². The van der Waals surface area contributed by atoms with Crippen LogP contribution in [-0.2, 0) is 34.0 Å². The maximum atomic E-state index is 12.6. The van der Waals surface area contributed by atoms with Crippen LogP contribution in [-0.4, -0.2) is 46.4 Å². The Labute approximate surface area is 235 Å². The summed E-state index contributed by atoms with van der Waals surface area (Å²) in [6.07, 6.45) is 2.04. The molecule has 1 aromatic heterocycles. The fourth-order valence-corrected chi connectivity index (χ4v) is 5.08. The quantitative estimate of drug-likeness (QED) is 0.162. The van der Waals surface area contributed by atoms with Gasteiger partial charge in [-0.1, -0.05) is 47.2 Å². The van der Waals surface area contributed by atoms with Gasteiger partial charge in [-0.25, -0.2) is 4.68 Å². The van der Waals surface area contributed by atoms with E-state index in [1.807, 2.05) is 67.9 Å². The number of aliphatic hydroxyl groups is 1. The molecule has 0 aliphatic rings. The lowest BCUT2D eigenvalue weighted by Crippen LogP contribution is -2.13. The first kappa shape index (κ1) is 29.2. The molecule has 0 saturated heterocycles. The zero-order valence-electron chi connectivity index (χ0n) is 23.9. The zero-order chi connectivity index (χ0) is 28.5. The van der Waals surface area contributed by atoms with Gasteiger partial charge in [0, 0.05) is 19.1 Å². The molecule has 8 heteroatoms. The fourth-order valence-electron chi connectivity index (χ4n) is 5.08. The molecular formula is C32H39N3O5. The van der Waals surface area contributed by atoms with Gasteiger partial charge in [-0.05, 0) is 79.6 Å². The molecular weight excluding hydrogens is 506 g/mol. The highest BCUT2D eigenvalue weighted by molar-refractivity contribution is 5.80. The minimum Gasteiger partial charge on any atom is -0.497 e. The van der Waals surface area contributed by atoms with E-state index in [0.717, 1.165) is 69.6 Å². The smallest absolute Gasteiger partial charge is 0.306 e. The van der Waals surface area contributed by atoms with E-state index >= 15 is 0 Å². The molecule has 0 aliphatic heterocycles. The second-order valence-corrected chi connectivity index (χ2v) is 10.0. The molecule has 0 spiro atoms. The minimum absolute atomic E-state index is 0.0559. The SMILES string of the molecule is CCOC(=O)CC(c1cc(C)cc(CO)c1)c1ccc2c(nnn2CCCCOCc2ccc(OC)cc2)c1C. The number of ether oxygens (including phenoxy) is 3. The third-order valence-electron chi connectivity index (χ3n) is 7.11. The number of aliphatic hydroxyl groups excluding tert-OH is 1. The highest BCUT2D eigenvalue weighted by Crippen LogP contribution is 2.34. The van der Waals surface area contributed by atoms with Crippen molar-refractivity contribution in [3.8, 4) is 5.75 Å². The van der Waals surface area contributed by atoms with Gasteiger partial charge in [0.2, 0.25) is 0 Å². The molecule has 0 amide bonds. The molecule has 1 atom stereocenters. The molecule has 3 aromatic carbocycles. The maximum Gasteiger partial charge on any atom is 0.306 e. The van der Waals surface area contributed by atoms with Gasteiger partial charge in [-0.15, -0.1) is 5.10 Å². The van der Waals surface area contributed by atoms with Crippen molar-refractivity contribution in [2.75, 3.05) is 20.3 Å². The molecule has 0 radical (unpaired) electrons. The summed E-state index contributed by atoms with van der Waals surface area (Å²) >= 11 is 0. The van der Waals surface area contributed by atoms with Gasteiger partial charge in [-0.3, -0.25) is 4.79 Å². The monoisotopic (exact) mass is 545 g/mol. The predicted molar refractivity (Wildman–Crippen MR) is 154 cm³/mol. The Kier molecular flexibility index (Phi) is 10.3. The lowest BCUT2D eigenvalue weighted by Gasteiger charge is -2.21. The summed E-state index contributed by atoms with van der Waals surface area (Å²) in [5.41, 5.74) is 7.75. The van der Waals surface area contributed by atoms with Gasteiger partial charge < -0.3 is 19.3 Å². The fraction of sp³-hybridized carbons (Fsp3) is 0.406. The summed E-state index contributed by atoms with van der Waals surface area (Å²) in [4.78, 5) is 12.6. The van der Waals surface area contributed by atoms with E-state index in [1.165, 1.54) is 0 Å². The van der Waals surface area contributed by atoms with Crippen LogP contribution in [0.1, 0.15) is 65.5 Å². The highest BCUT2D eigenvalue weighted by Gasteiger charge is 2.23. The van der Waals surface area contributed by atoms with Crippen molar-refractivity contribution in [1.29, 1.82) is 0 Å². The van der Waals surface area contributed by atoms with E-state index in [-0.39, 0.29) is 24.9 Å². The first-order valence-electron chi connectivity index (χ1n) is 13.8. The number of carbonyl (C=O) groups excluding carboxylic acids is 1. The molecule has 0 saturated carbocycles. The lowest BCUT2D eigenvalue weighted by atomic mass is 9.84. The van der Waals surface area contributed by atoms with Crippen molar-refractivity contribution in [1.82, 2.24) is 15.0 Å². The average molecular weight is 546 g/mol. The number of unbranched alkanes of at least 4 members (excludes halogenated alkanes) is 1. The van der Waals surface area contributed by atoms with E-state index in [0.29, 0.717) is 19.8 Å². The first-order valence-corrected chi connectivity index (χ1v) is 13.8. The standard InChI is InChI=1S/C32H39N3O5/c1-5-40-31(37)19-29(26-17-22(2)16-25(18-26)20-36)28-12-13-30-32(23(28)3)33-34-35(30)14-6-7-15-39-21-24-8-10-27(38-4)11-9-24/h8-13,16-18,29,36H,5-7,14-15,19-21H2,1-4H3. The molecule has 4 aromatic rings. The van der Waals surface area contributed by atoms with Crippen LogP contribution in [0.4, 0.5) is 0 Å². The van der Waals surface area contributed by atoms with Gasteiger partial charge in [0.1, 0.15) is 11.3 Å². The zero-order valence-corrected chi connectivity index (χ0v) is 23.9. The van der Waals surface area contributed by atoms with Crippen molar-refractivity contribution in [3.63, 3.8) is 0 Å². The highest BCUT2D eigenvalue weighted by atomic mass is 16.5. The Balaban J connectivity index is 1.44. The maximum absolute atomic E-state index is 12.6. The van der Waals surface area contributed by atoms with E-state index in [4.69, 9.17) is 14.2 Å². The number of esters is 1. The van der Waals surface area contributed by atoms with E-state index in [2.05, 4.69) is 22.4 Å². The Hall–Kier alpha value is -3.75. The molecule has 212 valence electrons. The van der Waals surface area contributed by atoms with E-state index in [9.17, 15) is 9.90 Å². The molecule has 0 aliphatic carbocycles. The number of benzene rings is 3. The molecule has 40 heavy (non-hydrogen) atoms. The average Bonchev–Trinajstić information content (AvgIpc) is 3.38. The largest absolute Gasteiger partial charge is 0.497 e. The van der Waals surface area contributed by atoms with Gasteiger partial charge in [0.15, 0.2) is 0 Å². The summed E-state index contributed by atoms with van der Waals surface area (Å²) in [6, 6.07) is 18.0. The van der Waals surface area contributed by atoms with Crippen LogP contribution in [0.2, 0.25) is 0 Å². The number of hydrogen-bond donors (Lipinski definition) is 1. The second kappa shape index (κ2) is 14.1. The predicted octanol–water partition coefficient (Wildman–Crippen LogP) is 5.63. The second-order valence-electron chi connectivity index (χ2n) is 10.0. The molecule has 0 fully saturated rings. The van der Waals surface area contributed by atoms with E-state index < -0.39 is 0 Å². The molecule has 1 unspecified atom stereocenters. The van der Waals surface area contributed by atoms with Gasteiger partial charge in [0.05, 0.1) is 38.9 Å². The molecule has 4 rings (SSSR count). The van der Waals surface area contributed by atoms with Gasteiger partial charge >= 0.3 is 5.97 Å². The third kappa shape index (κ3) is 7.25. The van der Waals surface area contributed by atoms with Crippen molar-refractivity contribution in [3.05, 3.63) is 88.0 Å². The number of methoxy groups -OCH3 is 1. The summed E-state index contributed by atoms with van der Waals surface area (Å²) in [5.74, 6) is 0.366. The molecule has 0 bridgehead atoms. The molecule has 1 heterocycles. The van der Waals surface area contributed by atoms with Crippen LogP contribution >= 0.6 is 0 Å². The first-order chi connectivity index (χ1) is 19.4. The number of rotatable bonds is 14. The van der Waals surface area contributed by atoms with Crippen LogP contribution in [0.3, 0.4) is 0 Å². The van der Waals surface area contributed by atoms with E-state index in [1.54, 1.807) is 7.11 Å². The Bertz CT molecular complexity index is 1410. The number of aryl methyl sites for hydroxylation is 3. The Morgan fingerprint density at radius 2 is 1.82 bits per heavy atom. The summed E-state index contributed by atoms with van der Waals surface area (Å²) in [5, 5.41) is 18.7. The normalized spacial score (nSPS) is 12.0. The third-order valence-corrected chi connectivity index (χ3v) is 7.11. The number of hydrogen-bond acceptors (Lipinski definition) is 7. The van der Waals surface area contributed by atoms with Crippen LogP contribution < -0.4 is 4.74 Å².